The van der Waals surface area contributed by atoms with E-state index >= 15 is 0 Å². The number of nitrogens with zero attached hydrogens (tertiary/aromatic N) is 2. The smallest absolute Gasteiger partial charge is 0.264 e. The number of aromatic amines is 2. The van der Waals surface area contributed by atoms with Crippen LogP contribution in [0.25, 0.3) is 21.8 Å². The highest BCUT2D eigenvalue weighted by atomic mass is 16.3. The van der Waals surface area contributed by atoms with Gasteiger partial charge in [0.25, 0.3) is 5.91 Å². The number of hydrogen-bond donors (Lipinski definition) is 6. The fourth-order valence-corrected chi connectivity index (χ4v) is 9.04. The predicted octanol–water partition coefficient (Wildman–Crippen LogP) is 7.27. The van der Waals surface area contributed by atoms with E-state index in [1.165, 1.54) is 4.90 Å². The van der Waals surface area contributed by atoms with Gasteiger partial charge in [-0.3, -0.25) is 19.2 Å². The van der Waals surface area contributed by atoms with Crippen molar-refractivity contribution in [3.63, 3.8) is 0 Å². The molecule has 63 heavy (non-hydrogen) atoms. The number of hydrogen-bond acceptors (Lipinski definition) is 6. The molecule has 4 heterocycles. The third-order valence-electron chi connectivity index (χ3n) is 12.4. The third kappa shape index (κ3) is 8.14. The zero-order chi connectivity index (χ0) is 43.7. The Bertz CT molecular complexity index is 2900. The maximum Gasteiger partial charge on any atom is 0.264 e. The first-order chi connectivity index (χ1) is 30.6. The van der Waals surface area contributed by atoms with E-state index < -0.39 is 17.4 Å². The van der Waals surface area contributed by atoms with Crippen molar-refractivity contribution in [3.8, 4) is 0 Å². The summed E-state index contributed by atoms with van der Waals surface area (Å²) in [4.78, 5) is 64.2. The first kappa shape index (κ1) is 41.1. The molecular formula is C51H48N6O6. The zero-order valence-corrected chi connectivity index (χ0v) is 34.8. The number of H-pyrrole nitrogens is 2. The number of aliphatic hydroxyl groups is 2. The second-order valence-corrected chi connectivity index (χ2v) is 16.5. The summed E-state index contributed by atoms with van der Waals surface area (Å²) >= 11 is 0. The molecule has 5 aromatic carbocycles. The Morgan fingerprint density at radius 3 is 2.03 bits per heavy atom. The number of aromatic nitrogens is 2. The standard InChI is InChI=1S/C51H48N6O6/c1-32(9-8-16-49(61)56-30-35-11-3-2-10-34(35)23-40(56)31-58)51(63)43-26-39(55-48(60)25-37-28-53-45-15-7-5-13-42(37)45)21-22-46(43)57(50(51)62)29-33-17-19-38(20-18-33)54-47(59)24-36-27-52-44-14-6-4-12-41(36)44/h2-15,17-22,26-28,32,40,52-53,58,63H,16,23-25,29-31H2,1H3,(H,54,59)(H,55,60)/b9-8+/t32-,40-,51+/m0/s1. The number of carbonyl (C=O) groups is 4. The highest BCUT2D eigenvalue weighted by molar-refractivity contribution is 6.08. The van der Waals surface area contributed by atoms with Crippen molar-refractivity contribution in [2.24, 2.45) is 5.92 Å². The Balaban J connectivity index is 0.933. The van der Waals surface area contributed by atoms with Gasteiger partial charge in [-0.25, -0.2) is 0 Å². The minimum atomic E-state index is -2.04. The molecule has 6 N–H and O–H groups in total. The second kappa shape index (κ2) is 17.2. The zero-order valence-electron chi connectivity index (χ0n) is 34.8. The molecule has 0 radical (unpaired) electrons. The van der Waals surface area contributed by atoms with Gasteiger partial charge in [-0.05, 0) is 76.7 Å². The maximum absolute atomic E-state index is 14.6. The fraction of sp³-hybridized carbons (Fsp3) is 0.216. The summed E-state index contributed by atoms with van der Waals surface area (Å²) < 4.78 is 0. The van der Waals surface area contributed by atoms with Gasteiger partial charge in [0.05, 0.1) is 37.7 Å². The van der Waals surface area contributed by atoms with Crippen LogP contribution in [-0.2, 0) is 57.1 Å². The Hall–Kier alpha value is -7.28. The number of nitrogens with one attached hydrogen (secondary N) is 4. The molecule has 12 nitrogen and oxygen atoms in total. The van der Waals surface area contributed by atoms with Crippen LogP contribution in [0.1, 0.15) is 46.7 Å². The quantitative estimate of drug-likeness (QED) is 0.0667. The summed E-state index contributed by atoms with van der Waals surface area (Å²) in [5, 5.41) is 30.6. The van der Waals surface area contributed by atoms with Crippen molar-refractivity contribution in [1.82, 2.24) is 14.9 Å². The number of anilines is 3. The highest BCUT2D eigenvalue weighted by Crippen LogP contribution is 2.47. The Morgan fingerprint density at radius 1 is 0.794 bits per heavy atom. The van der Waals surface area contributed by atoms with Crippen LogP contribution in [0.2, 0.25) is 0 Å². The lowest BCUT2D eigenvalue weighted by molar-refractivity contribution is -0.139. The van der Waals surface area contributed by atoms with Gasteiger partial charge >= 0.3 is 0 Å². The van der Waals surface area contributed by atoms with Crippen molar-refractivity contribution in [2.45, 2.75) is 57.3 Å². The number of carbonyl (C=O) groups excluding carboxylic acids is 4. The van der Waals surface area contributed by atoms with E-state index in [-0.39, 0.29) is 56.2 Å². The lowest BCUT2D eigenvalue weighted by atomic mass is 9.82. The molecule has 318 valence electrons. The first-order valence-corrected chi connectivity index (χ1v) is 21.2. The molecule has 2 aromatic heterocycles. The molecule has 0 fully saturated rings. The van der Waals surface area contributed by atoms with Gasteiger partial charge < -0.3 is 40.6 Å². The number of aliphatic hydroxyl groups excluding tert-OH is 1. The van der Waals surface area contributed by atoms with Crippen LogP contribution in [0.4, 0.5) is 17.1 Å². The van der Waals surface area contributed by atoms with Crippen molar-refractivity contribution in [1.29, 1.82) is 0 Å². The van der Waals surface area contributed by atoms with Crippen molar-refractivity contribution in [3.05, 3.63) is 173 Å². The summed E-state index contributed by atoms with van der Waals surface area (Å²) in [7, 11) is 0. The number of amides is 4. The van der Waals surface area contributed by atoms with E-state index in [4.69, 9.17) is 0 Å². The van der Waals surface area contributed by atoms with E-state index in [1.807, 2.05) is 97.3 Å². The van der Waals surface area contributed by atoms with E-state index in [2.05, 4.69) is 20.6 Å². The normalized spacial score (nSPS) is 17.6. The molecule has 0 aliphatic carbocycles. The van der Waals surface area contributed by atoms with Crippen LogP contribution in [-0.4, -0.2) is 61.4 Å². The minimum absolute atomic E-state index is 0.0124. The summed E-state index contributed by atoms with van der Waals surface area (Å²) in [6.45, 7) is 2.08. The average molecular weight is 841 g/mol. The molecule has 0 saturated heterocycles. The molecule has 0 spiro atoms. The van der Waals surface area contributed by atoms with Gasteiger partial charge in [-0.2, -0.15) is 0 Å². The van der Waals surface area contributed by atoms with Crippen molar-refractivity contribution >= 4 is 62.5 Å². The topological polar surface area (TPSA) is 171 Å². The summed E-state index contributed by atoms with van der Waals surface area (Å²) in [6, 6.07) is 35.5. The van der Waals surface area contributed by atoms with Gasteiger partial charge in [0.2, 0.25) is 17.7 Å². The molecule has 0 bridgehead atoms. The Morgan fingerprint density at radius 2 is 1.38 bits per heavy atom. The van der Waals surface area contributed by atoms with Gasteiger partial charge in [0.1, 0.15) is 0 Å². The number of para-hydroxylation sites is 2. The van der Waals surface area contributed by atoms with Crippen LogP contribution in [0, 0.1) is 5.92 Å². The van der Waals surface area contributed by atoms with Gasteiger partial charge in [-0.15, -0.1) is 0 Å². The SMILES string of the molecule is C[C@@H](/C=C/CC(=O)N1Cc2ccccc2C[C@H]1CO)[C@]1(O)C(=O)N(Cc2ccc(NC(=O)Cc3c[nH]c4ccccc34)cc2)c2ccc(NC(=O)Cc3c[nH]c4ccccc34)cc21. The summed E-state index contributed by atoms with van der Waals surface area (Å²) in [5.74, 6) is -1.93. The molecule has 2 aliphatic heterocycles. The van der Waals surface area contributed by atoms with E-state index in [0.29, 0.717) is 35.6 Å². The van der Waals surface area contributed by atoms with E-state index in [9.17, 15) is 29.4 Å². The molecule has 7 aromatic rings. The van der Waals surface area contributed by atoms with Crippen LogP contribution >= 0.6 is 0 Å². The second-order valence-electron chi connectivity index (χ2n) is 16.5. The molecule has 4 amide bonds. The molecule has 9 rings (SSSR count). The van der Waals surface area contributed by atoms with Crippen molar-refractivity contribution < 1.29 is 29.4 Å². The lowest BCUT2D eigenvalue weighted by Crippen LogP contribution is -2.46. The maximum atomic E-state index is 14.6. The molecule has 3 atom stereocenters. The summed E-state index contributed by atoms with van der Waals surface area (Å²) in [6.07, 6.45) is 7.91. The van der Waals surface area contributed by atoms with E-state index in [0.717, 1.165) is 49.6 Å². The van der Waals surface area contributed by atoms with Crippen LogP contribution < -0.4 is 15.5 Å². The van der Waals surface area contributed by atoms with Gasteiger partial charge in [-0.1, -0.05) is 91.9 Å². The first-order valence-electron chi connectivity index (χ1n) is 21.2. The molecule has 2 aliphatic rings. The largest absolute Gasteiger partial charge is 0.394 e. The Kier molecular flexibility index (Phi) is 11.2. The van der Waals surface area contributed by atoms with Crippen molar-refractivity contribution in [2.75, 3.05) is 22.1 Å². The number of benzene rings is 5. The predicted molar refractivity (Wildman–Crippen MR) is 244 cm³/mol. The van der Waals surface area contributed by atoms with Gasteiger partial charge in [0.15, 0.2) is 5.60 Å². The summed E-state index contributed by atoms with van der Waals surface area (Å²) in [5.41, 5.74) is 6.36. The van der Waals surface area contributed by atoms with Crippen LogP contribution in [0.15, 0.2) is 140 Å². The number of rotatable bonds is 13. The molecular weight excluding hydrogens is 793 g/mol. The minimum Gasteiger partial charge on any atom is -0.394 e. The van der Waals surface area contributed by atoms with Crippen LogP contribution in [0.3, 0.4) is 0 Å². The molecule has 0 unspecified atom stereocenters. The average Bonchev–Trinajstić information content (AvgIpc) is 3.96. The number of fused-ring (bicyclic) bond motifs is 4. The molecule has 0 saturated carbocycles. The highest BCUT2D eigenvalue weighted by Gasteiger charge is 2.52. The van der Waals surface area contributed by atoms with Gasteiger partial charge in [0, 0.05) is 70.0 Å². The van der Waals surface area contributed by atoms with E-state index in [1.54, 1.807) is 54.3 Å². The Labute approximate surface area is 364 Å². The fourth-order valence-electron chi connectivity index (χ4n) is 9.04. The lowest BCUT2D eigenvalue weighted by Gasteiger charge is -2.36. The third-order valence-corrected chi connectivity index (χ3v) is 12.4. The van der Waals surface area contributed by atoms with Crippen LogP contribution in [0.5, 0.6) is 0 Å². The molecule has 12 heteroatoms. The monoisotopic (exact) mass is 840 g/mol.